The minimum Gasteiger partial charge on any atom is -0.382 e. The van der Waals surface area contributed by atoms with E-state index in [2.05, 4.69) is 4.98 Å². The molecule has 0 bridgehead atoms. The molecule has 0 radical (unpaired) electrons. The lowest BCUT2D eigenvalue weighted by atomic mass is 10.1. The maximum Gasteiger partial charge on any atom is 0.270 e. The average Bonchev–Trinajstić information content (AvgIpc) is 2.63. The van der Waals surface area contributed by atoms with Crippen LogP contribution >= 0.6 is 0 Å². The van der Waals surface area contributed by atoms with Crippen molar-refractivity contribution < 1.29 is 4.92 Å². The monoisotopic (exact) mass is 332 g/mol. The molecule has 0 saturated carbocycles. The molecule has 0 spiro atoms. The zero-order chi connectivity index (χ0) is 17.6. The van der Waals surface area contributed by atoms with E-state index in [1.807, 2.05) is 12.1 Å². The molecule has 122 valence electrons. The second kappa shape index (κ2) is 5.41. The molecular weight excluding hydrogens is 320 g/mol. The Morgan fingerprint density at radius 1 is 1.08 bits per heavy atom. The Labute approximate surface area is 141 Å². The van der Waals surface area contributed by atoms with Gasteiger partial charge in [0.05, 0.1) is 22.3 Å². The number of nitrogens with zero attached hydrogens (tertiary/aromatic N) is 3. The Hall–Kier alpha value is -3.74. The van der Waals surface area contributed by atoms with Crippen LogP contribution in [-0.4, -0.2) is 14.3 Å². The summed E-state index contributed by atoms with van der Waals surface area (Å²) >= 11 is 0. The molecule has 0 unspecified atom stereocenters. The predicted molar refractivity (Wildman–Crippen MR) is 95.5 cm³/mol. The van der Waals surface area contributed by atoms with E-state index in [4.69, 9.17) is 5.73 Å². The molecule has 7 nitrogen and oxygen atoms in total. The van der Waals surface area contributed by atoms with Crippen LogP contribution in [0.25, 0.3) is 27.5 Å². The van der Waals surface area contributed by atoms with Gasteiger partial charge in [-0.25, -0.2) is 4.98 Å². The van der Waals surface area contributed by atoms with Gasteiger partial charge in [0.15, 0.2) is 0 Å². The van der Waals surface area contributed by atoms with Crippen molar-refractivity contribution in [3.63, 3.8) is 0 Å². The largest absolute Gasteiger partial charge is 0.382 e. The Morgan fingerprint density at radius 3 is 2.68 bits per heavy atom. The Bertz CT molecular complexity index is 1210. The molecule has 2 N–H and O–H groups in total. The summed E-state index contributed by atoms with van der Waals surface area (Å²) in [4.78, 5) is 27.7. The van der Waals surface area contributed by atoms with Gasteiger partial charge in [-0.1, -0.05) is 30.3 Å². The topological polar surface area (TPSA) is 104 Å². The number of non-ortho nitro benzene ring substituents is 1. The van der Waals surface area contributed by atoms with Crippen LogP contribution in [0.4, 0.5) is 11.5 Å². The minimum atomic E-state index is -0.478. The Kier molecular flexibility index (Phi) is 3.21. The van der Waals surface area contributed by atoms with Gasteiger partial charge in [-0.3, -0.25) is 19.3 Å². The van der Waals surface area contributed by atoms with Crippen LogP contribution in [0.3, 0.4) is 0 Å². The second-order valence-corrected chi connectivity index (χ2v) is 5.59. The van der Waals surface area contributed by atoms with E-state index in [-0.39, 0.29) is 17.1 Å². The molecule has 0 saturated heterocycles. The molecule has 0 aliphatic carbocycles. The zero-order valence-corrected chi connectivity index (χ0v) is 12.9. The van der Waals surface area contributed by atoms with Gasteiger partial charge in [-0.15, -0.1) is 0 Å². The fourth-order valence-corrected chi connectivity index (χ4v) is 2.92. The van der Waals surface area contributed by atoms with Crippen LogP contribution in [0.1, 0.15) is 0 Å². The van der Waals surface area contributed by atoms with Crippen LogP contribution < -0.4 is 11.3 Å². The molecular formula is C18H12N4O3. The highest BCUT2D eigenvalue weighted by Gasteiger charge is 2.14. The van der Waals surface area contributed by atoms with Gasteiger partial charge in [0.2, 0.25) is 0 Å². The summed E-state index contributed by atoms with van der Waals surface area (Å²) < 4.78 is 1.45. The zero-order valence-electron chi connectivity index (χ0n) is 12.9. The van der Waals surface area contributed by atoms with E-state index in [1.54, 1.807) is 30.3 Å². The predicted octanol–water partition coefficient (Wildman–Crippen LogP) is 3.01. The average molecular weight is 332 g/mol. The lowest BCUT2D eigenvalue weighted by Crippen LogP contribution is -2.17. The summed E-state index contributed by atoms with van der Waals surface area (Å²) in [6.45, 7) is 0. The summed E-state index contributed by atoms with van der Waals surface area (Å²) in [5.41, 5.74) is 7.09. The molecule has 0 atom stereocenters. The molecule has 0 amide bonds. The van der Waals surface area contributed by atoms with Gasteiger partial charge in [0.1, 0.15) is 5.82 Å². The lowest BCUT2D eigenvalue weighted by Gasteiger charge is -2.11. The summed E-state index contributed by atoms with van der Waals surface area (Å²) in [6.07, 6.45) is 1.46. The molecule has 4 aromatic rings. The van der Waals surface area contributed by atoms with Gasteiger partial charge < -0.3 is 5.73 Å². The molecule has 2 heterocycles. The van der Waals surface area contributed by atoms with E-state index in [0.717, 1.165) is 5.39 Å². The number of nitro groups is 1. The first kappa shape index (κ1) is 14.8. The van der Waals surface area contributed by atoms with Gasteiger partial charge in [-0.2, -0.15) is 0 Å². The third kappa shape index (κ3) is 2.29. The van der Waals surface area contributed by atoms with Gasteiger partial charge in [0.25, 0.3) is 11.2 Å². The fourth-order valence-electron chi connectivity index (χ4n) is 2.92. The van der Waals surface area contributed by atoms with E-state index in [0.29, 0.717) is 22.2 Å². The number of nitrogens with two attached hydrogens (primary N) is 1. The highest BCUT2D eigenvalue weighted by atomic mass is 16.6. The van der Waals surface area contributed by atoms with Crippen LogP contribution in [0.5, 0.6) is 0 Å². The van der Waals surface area contributed by atoms with Crippen molar-refractivity contribution in [1.29, 1.82) is 0 Å². The highest BCUT2D eigenvalue weighted by molar-refractivity contribution is 5.89. The van der Waals surface area contributed by atoms with Crippen LogP contribution in [0.15, 0.2) is 65.6 Å². The van der Waals surface area contributed by atoms with Crippen molar-refractivity contribution in [2.75, 3.05) is 5.73 Å². The van der Waals surface area contributed by atoms with E-state index in [9.17, 15) is 14.9 Å². The van der Waals surface area contributed by atoms with Crippen LogP contribution in [0, 0.1) is 10.1 Å². The van der Waals surface area contributed by atoms with E-state index < -0.39 is 4.92 Å². The third-order valence-corrected chi connectivity index (χ3v) is 4.11. The van der Waals surface area contributed by atoms with Crippen molar-refractivity contribution in [2.24, 2.45) is 0 Å². The summed E-state index contributed by atoms with van der Waals surface area (Å²) in [7, 11) is 0. The number of rotatable bonds is 2. The maximum absolute atomic E-state index is 13.0. The molecule has 2 aromatic carbocycles. The molecule has 4 rings (SSSR count). The number of hydrogen-bond acceptors (Lipinski definition) is 5. The van der Waals surface area contributed by atoms with Crippen LogP contribution in [0.2, 0.25) is 0 Å². The Morgan fingerprint density at radius 2 is 1.88 bits per heavy atom. The lowest BCUT2D eigenvalue weighted by molar-refractivity contribution is -0.384. The molecule has 0 aliphatic rings. The van der Waals surface area contributed by atoms with Crippen molar-refractivity contribution in [1.82, 2.24) is 9.38 Å². The molecule has 7 heteroatoms. The van der Waals surface area contributed by atoms with Crippen molar-refractivity contribution in [3.8, 4) is 11.3 Å². The summed E-state index contributed by atoms with van der Waals surface area (Å²) in [5.74, 6) is 0.219. The SMILES string of the molecule is Nc1ncc(-c2cccc([N+](=O)[O-])c2)n2c(=O)c3ccccc3cc12. The molecule has 2 aromatic heterocycles. The number of aromatic nitrogens is 2. The second-order valence-electron chi connectivity index (χ2n) is 5.59. The van der Waals surface area contributed by atoms with Crippen LogP contribution in [-0.2, 0) is 0 Å². The maximum atomic E-state index is 13.0. The number of nitrogen functional groups attached to an aromatic ring is 1. The van der Waals surface area contributed by atoms with Crippen molar-refractivity contribution >= 4 is 27.8 Å². The number of hydrogen-bond donors (Lipinski definition) is 1. The minimum absolute atomic E-state index is 0.0590. The Balaban J connectivity index is 2.14. The highest BCUT2D eigenvalue weighted by Crippen LogP contribution is 2.26. The molecule has 0 aliphatic heterocycles. The smallest absolute Gasteiger partial charge is 0.270 e. The van der Waals surface area contributed by atoms with E-state index >= 15 is 0 Å². The quantitative estimate of drug-likeness (QED) is 0.345. The number of pyridine rings is 1. The fraction of sp³-hybridized carbons (Fsp3) is 0. The van der Waals surface area contributed by atoms with E-state index in [1.165, 1.54) is 22.7 Å². The first-order valence-electron chi connectivity index (χ1n) is 7.50. The third-order valence-electron chi connectivity index (χ3n) is 4.11. The first-order valence-corrected chi connectivity index (χ1v) is 7.50. The first-order chi connectivity index (χ1) is 12.1. The summed E-state index contributed by atoms with van der Waals surface area (Å²) in [6, 6.07) is 15.1. The van der Waals surface area contributed by atoms with Gasteiger partial charge in [0, 0.05) is 23.1 Å². The number of fused-ring (bicyclic) bond motifs is 2. The van der Waals surface area contributed by atoms with Gasteiger partial charge in [-0.05, 0) is 17.5 Å². The molecule has 0 fully saturated rings. The van der Waals surface area contributed by atoms with Gasteiger partial charge >= 0.3 is 0 Å². The van der Waals surface area contributed by atoms with Crippen molar-refractivity contribution in [3.05, 3.63) is 81.3 Å². The van der Waals surface area contributed by atoms with Crippen molar-refractivity contribution in [2.45, 2.75) is 0 Å². The normalized spacial score (nSPS) is 11.0. The summed E-state index contributed by atoms with van der Waals surface area (Å²) in [5, 5.41) is 12.3. The molecule has 25 heavy (non-hydrogen) atoms. The number of nitro benzene ring substituents is 1. The number of benzene rings is 2. The standard InChI is InChI=1S/C18H12N4O3/c19-17-15-9-11-4-1-2-7-14(11)18(23)21(15)16(10-20-17)12-5-3-6-13(8-12)22(24)25/h1-10H,(H2,19,20). The number of anilines is 1.